The summed E-state index contributed by atoms with van der Waals surface area (Å²) in [5.41, 5.74) is 0.535. The third-order valence-electron chi connectivity index (χ3n) is 2.67. The van der Waals surface area contributed by atoms with E-state index < -0.39 is 18.5 Å². The van der Waals surface area contributed by atoms with E-state index in [2.05, 4.69) is 10.3 Å². The molecule has 1 aromatic heterocycles. The van der Waals surface area contributed by atoms with Crippen molar-refractivity contribution in [2.75, 3.05) is 11.4 Å². The van der Waals surface area contributed by atoms with Gasteiger partial charge in [-0.05, 0) is 19.1 Å². The summed E-state index contributed by atoms with van der Waals surface area (Å²) in [5.74, 6) is -1.07. The number of carboxylic acids is 1. The Labute approximate surface area is 126 Å². The molecule has 7 heteroatoms. The number of carboxylic acid groups (broad SMARTS) is 1. The smallest absolute Gasteiger partial charge is 0.323 e. The first-order chi connectivity index (χ1) is 10.1. The van der Waals surface area contributed by atoms with E-state index in [1.165, 1.54) is 16.2 Å². The zero-order valence-corrected chi connectivity index (χ0v) is 12.3. The number of hydrogen-bond acceptors (Lipinski definition) is 4. The van der Waals surface area contributed by atoms with E-state index in [0.29, 0.717) is 5.69 Å². The molecule has 0 atom stereocenters. The average molecular weight is 305 g/mol. The third-order valence-corrected chi connectivity index (χ3v) is 3.58. The average Bonchev–Trinajstić information content (AvgIpc) is 2.88. The van der Waals surface area contributed by atoms with Gasteiger partial charge in [-0.15, -0.1) is 11.3 Å². The van der Waals surface area contributed by atoms with Crippen LogP contribution in [0, 0.1) is 6.92 Å². The summed E-state index contributed by atoms with van der Waals surface area (Å²) in [4.78, 5) is 29.5. The molecule has 6 nitrogen and oxygen atoms in total. The minimum Gasteiger partial charge on any atom is -0.480 e. The number of nitrogens with one attached hydrogen (secondary N) is 1. The fraction of sp³-hybridized carbons (Fsp3) is 0.214. The highest BCUT2D eigenvalue weighted by atomic mass is 32.1. The van der Waals surface area contributed by atoms with Gasteiger partial charge in [0.1, 0.15) is 11.6 Å². The van der Waals surface area contributed by atoms with Crippen LogP contribution < -0.4 is 10.2 Å². The van der Waals surface area contributed by atoms with Crippen molar-refractivity contribution in [2.45, 2.75) is 13.5 Å². The first-order valence-electron chi connectivity index (χ1n) is 6.30. The summed E-state index contributed by atoms with van der Waals surface area (Å²) in [5, 5.41) is 12.4. The molecule has 2 amide bonds. The fourth-order valence-corrected chi connectivity index (χ4v) is 2.48. The quantitative estimate of drug-likeness (QED) is 0.887. The van der Waals surface area contributed by atoms with Crippen LogP contribution in [0.3, 0.4) is 0 Å². The summed E-state index contributed by atoms with van der Waals surface area (Å²) in [6.07, 6.45) is 1.73. The molecule has 0 aliphatic heterocycles. The normalized spacial score (nSPS) is 10.1. The Morgan fingerprint density at radius 3 is 2.62 bits per heavy atom. The van der Waals surface area contributed by atoms with Crippen molar-refractivity contribution in [2.24, 2.45) is 0 Å². The van der Waals surface area contributed by atoms with Crippen molar-refractivity contribution in [3.8, 4) is 0 Å². The van der Waals surface area contributed by atoms with E-state index in [-0.39, 0.29) is 6.54 Å². The molecule has 2 aromatic rings. The fourth-order valence-electron chi connectivity index (χ4n) is 1.75. The highest BCUT2D eigenvalue weighted by molar-refractivity contribution is 7.11. The van der Waals surface area contributed by atoms with Gasteiger partial charge >= 0.3 is 12.0 Å². The zero-order chi connectivity index (χ0) is 15.2. The molecule has 1 heterocycles. The Kier molecular flexibility index (Phi) is 4.89. The van der Waals surface area contributed by atoms with Gasteiger partial charge in [0.15, 0.2) is 0 Å². The van der Waals surface area contributed by atoms with Crippen LogP contribution in [0.5, 0.6) is 0 Å². The number of urea groups is 1. The number of aliphatic carboxylic acids is 1. The monoisotopic (exact) mass is 305 g/mol. The lowest BCUT2D eigenvalue weighted by Gasteiger charge is -2.21. The molecule has 0 bridgehead atoms. The van der Waals surface area contributed by atoms with Crippen LogP contribution in [0.25, 0.3) is 0 Å². The number of carbonyl (C=O) groups excluding carboxylic acids is 1. The van der Waals surface area contributed by atoms with Crippen molar-refractivity contribution >= 4 is 29.0 Å². The van der Waals surface area contributed by atoms with Crippen LogP contribution in [0.15, 0.2) is 36.5 Å². The SMILES string of the molecule is Cc1cnc(CNC(=O)N(CC(=O)O)c2ccccc2)s1. The molecule has 1 aromatic carbocycles. The van der Waals surface area contributed by atoms with Gasteiger partial charge < -0.3 is 10.4 Å². The molecule has 0 aliphatic carbocycles. The predicted octanol–water partition coefficient (Wildman–Crippen LogP) is 2.25. The first kappa shape index (κ1) is 15.0. The Balaban J connectivity index is 2.05. The first-order valence-corrected chi connectivity index (χ1v) is 7.11. The maximum atomic E-state index is 12.2. The summed E-state index contributed by atoms with van der Waals surface area (Å²) < 4.78 is 0. The molecule has 0 aliphatic rings. The number of hydrogen-bond donors (Lipinski definition) is 2. The van der Waals surface area contributed by atoms with E-state index in [9.17, 15) is 9.59 Å². The van der Waals surface area contributed by atoms with Crippen molar-refractivity contribution in [1.29, 1.82) is 0 Å². The summed E-state index contributed by atoms with van der Waals surface area (Å²) in [6.45, 7) is 1.82. The Morgan fingerprint density at radius 2 is 2.05 bits per heavy atom. The van der Waals surface area contributed by atoms with Crippen LogP contribution >= 0.6 is 11.3 Å². The lowest BCUT2D eigenvalue weighted by molar-refractivity contribution is -0.135. The number of thiazole rings is 1. The summed E-state index contributed by atoms with van der Waals surface area (Å²) in [7, 11) is 0. The number of aryl methyl sites for hydroxylation is 1. The Morgan fingerprint density at radius 1 is 1.33 bits per heavy atom. The lowest BCUT2D eigenvalue weighted by atomic mass is 10.3. The molecule has 0 spiro atoms. The number of anilines is 1. The van der Waals surface area contributed by atoms with E-state index in [1.807, 2.05) is 6.92 Å². The second kappa shape index (κ2) is 6.85. The molecule has 0 saturated carbocycles. The van der Waals surface area contributed by atoms with Crippen molar-refractivity contribution in [1.82, 2.24) is 10.3 Å². The second-order valence-corrected chi connectivity index (χ2v) is 5.66. The Hall–Kier alpha value is -2.41. The molecule has 110 valence electrons. The van der Waals surface area contributed by atoms with Gasteiger partial charge in [0.05, 0.1) is 6.54 Å². The number of para-hydroxylation sites is 1. The molecule has 21 heavy (non-hydrogen) atoms. The lowest BCUT2D eigenvalue weighted by Crippen LogP contribution is -2.42. The maximum absolute atomic E-state index is 12.2. The van der Waals surface area contributed by atoms with Crippen LogP contribution in [-0.4, -0.2) is 28.6 Å². The molecule has 2 N–H and O–H groups in total. The van der Waals surface area contributed by atoms with Crippen LogP contribution in [0.2, 0.25) is 0 Å². The molecule has 0 radical (unpaired) electrons. The number of amides is 2. The number of rotatable bonds is 5. The third kappa shape index (κ3) is 4.28. The van der Waals surface area contributed by atoms with E-state index in [4.69, 9.17) is 5.11 Å². The van der Waals surface area contributed by atoms with Gasteiger partial charge in [-0.3, -0.25) is 9.69 Å². The van der Waals surface area contributed by atoms with Crippen molar-refractivity contribution in [3.63, 3.8) is 0 Å². The van der Waals surface area contributed by atoms with Gasteiger partial charge in [0.2, 0.25) is 0 Å². The van der Waals surface area contributed by atoms with E-state index in [1.54, 1.807) is 36.5 Å². The molecular formula is C14H15N3O3S. The van der Waals surface area contributed by atoms with E-state index >= 15 is 0 Å². The molecular weight excluding hydrogens is 290 g/mol. The van der Waals surface area contributed by atoms with Crippen LogP contribution in [0.4, 0.5) is 10.5 Å². The van der Waals surface area contributed by atoms with Gasteiger partial charge in [-0.2, -0.15) is 0 Å². The second-order valence-electron chi connectivity index (χ2n) is 4.34. The largest absolute Gasteiger partial charge is 0.480 e. The predicted molar refractivity (Wildman–Crippen MR) is 80.5 cm³/mol. The number of aromatic nitrogens is 1. The zero-order valence-electron chi connectivity index (χ0n) is 11.4. The standard InChI is InChI=1S/C14H15N3O3S/c1-10-7-15-12(21-10)8-16-14(20)17(9-13(18)19)11-5-3-2-4-6-11/h2-7H,8-9H2,1H3,(H,16,20)(H,18,19). The maximum Gasteiger partial charge on any atom is 0.323 e. The van der Waals surface area contributed by atoms with Crippen molar-refractivity contribution in [3.05, 3.63) is 46.4 Å². The van der Waals surface area contributed by atoms with Crippen LogP contribution in [-0.2, 0) is 11.3 Å². The van der Waals surface area contributed by atoms with Gasteiger partial charge in [0.25, 0.3) is 0 Å². The number of benzene rings is 1. The topological polar surface area (TPSA) is 82.5 Å². The van der Waals surface area contributed by atoms with E-state index in [0.717, 1.165) is 9.88 Å². The van der Waals surface area contributed by atoms with Gasteiger partial charge in [0, 0.05) is 16.8 Å². The summed E-state index contributed by atoms with van der Waals surface area (Å²) in [6, 6.07) is 8.23. The minimum absolute atomic E-state index is 0.278. The van der Waals surface area contributed by atoms with Gasteiger partial charge in [-0.1, -0.05) is 18.2 Å². The number of carbonyl (C=O) groups is 2. The highest BCUT2D eigenvalue weighted by Crippen LogP contribution is 2.14. The van der Waals surface area contributed by atoms with Gasteiger partial charge in [-0.25, -0.2) is 9.78 Å². The minimum atomic E-state index is -1.07. The van der Waals surface area contributed by atoms with Crippen molar-refractivity contribution < 1.29 is 14.7 Å². The summed E-state index contributed by atoms with van der Waals surface area (Å²) >= 11 is 1.49. The highest BCUT2D eigenvalue weighted by Gasteiger charge is 2.18. The molecule has 0 fully saturated rings. The molecule has 0 saturated heterocycles. The molecule has 2 rings (SSSR count). The molecule has 0 unspecified atom stereocenters. The van der Waals surface area contributed by atoms with Crippen LogP contribution in [0.1, 0.15) is 9.88 Å². The Bertz CT molecular complexity index is 627. The number of nitrogens with zero attached hydrogens (tertiary/aromatic N) is 2.